The number of hydrogen-bond acceptors (Lipinski definition) is 13. The maximum absolute atomic E-state index is 14.7. The highest BCUT2D eigenvalue weighted by Crippen LogP contribution is 2.35. The van der Waals surface area contributed by atoms with E-state index < -0.39 is 41.1 Å². The number of fused-ring (bicyclic) bond motifs is 2. The van der Waals surface area contributed by atoms with Crippen LogP contribution in [-0.2, 0) is 19.5 Å². The van der Waals surface area contributed by atoms with Gasteiger partial charge in [0, 0.05) is 46.9 Å². The number of aryl methyl sites for hydroxylation is 1. The van der Waals surface area contributed by atoms with Crippen molar-refractivity contribution < 1.29 is 31.8 Å². The number of benzene rings is 4. The molecule has 15 nitrogen and oxygen atoms in total. The van der Waals surface area contributed by atoms with Crippen molar-refractivity contribution in [3.8, 4) is 40.3 Å². The van der Waals surface area contributed by atoms with Crippen LogP contribution in [0.25, 0.3) is 44.8 Å². The van der Waals surface area contributed by atoms with Gasteiger partial charge in [0.05, 0.1) is 63.4 Å². The van der Waals surface area contributed by atoms with Gasteiger partial charge in [0.2, 0.25) is 11.6 Å². The number of pyridine rings is 2. The van der Waals surface area contributed by atoms with Crippen molar-refractivity contribution in [3.05, 3.63) is 174 Å². The van der Waals surface area contributed by atoms with Crippen molar-refractivity contribution in [2.24, 2.45) is 0 Å². The third-order valence-corrected chi connectivity index (χ3v) is 11.3. The Morgan fingerprint density at radius 3 is 1.42 bits per heavy atom. The van der Waals surface area contributed by atoms with Crippen LogP contribution >= 0.6 is 0 Å². The van der Waals surface area contributed by atoms with Crippen LogP contribution in [0.2, 0.25) is 0 Å². The molecule has 4 aromatic carbocycles. The quantitative estimate of drug-likeness (QED) is 0.0737. The summed E-state index contributed by atoms with van der Waals surface area (Å²) in [6.07, 6.45) is 12.0. The molecule has 0 spiro atoms. The van der Waals surface area contributed by atoms with E-state index in [2.05, 4.69) is 88.7 Å². The Bertz CT molecular complexity index is 3440. The van der Waals surface area contributed by atoms with Crippen LogP contribution in [0.5, 0.6) is 17.2 Å². The Balaban J connectivity index is 0.000000176. The average molecular weight is 961 g/mol. The van der Waals surface area contributed by atoms with E-state index in [0.717, 1.165) is 42.2 Å². The second-order valence-electron chi connectivity index (χ2n) is 15.8. The molecule has 6 aromatic heterocycles. The average Bonchev–Trinajstić information content (AvgIpc) is 3.96. The number of para-hydroxylation sites is 2. The number of hydrogen-bond donors (Lipinski definition) is 2. The number of ether oxygens (including phenoxy) is 3. The third-order valence-electron chi connectivity index (χ3n) is 11.3. The Morgan fingerprint density at radius 1 is 0.521 bits per heavy atom. The van der Waals surface area contributed by atoms with Crippen LogP contribution in [0, 0.1) is 23.3 Å². The summed E-state index contributed by atoms with van der Waals surface area (Å²) < 4.78 is 76.5. The summed E-state index contributed by atoms with van der Waals surface area (Å²) in [4.78, 5) is 26.2. The summed E-state index contributed by atoms with van der Waals surface area (Å²) in [5.74, 6) is -4.98. The first-order valence-corrected chi connectivity index (χ1v) is 22.2. The van der Waals surface area contributed by atoms with Gasteiger partial charge in [-0.25, -0.2) is 28.7 Å². The zero-order valence-corrected chi connectivity index (χ0v) is 38.7. The molecule has 0 atom stereocenters. The van der Waals surface area contributed by atoms with Crippen molar-refractivity contribution in [1.82, 2.24) is 49.5 Å². The minimum absolute atomic E-state index is 0.181. The Morgan fingerprint density at radius 2 is 0.972 bits per heavy atom. The lowest BCUT2D eigenvalue weighted by atomic mass is 10.1. The summed E-state index contributed by atoms with van der Waals surface area (Å²) in [6, 6.07) is 31.0. The number of methoxy groups -OCH3 is 3. The molecule has 0 fully saturated rings. The molecule has 0 bridgehead atoms. The molecule has 0 amide bonds. The van der Waals surface area contributed by atoms with Crippen molar-refractivity contribution in [2.75, 3.05) is 32.0 Å². The van der Waals surface area contributed by atoms with E-state index in [1.54, 1.807) is 74.5 Å². The highest BCUT2D eigenvalue weighted by atomic mass is 19.2. The predicted molar refractivity (Wildman–Crippen MR) is 261 cm³/mol. The van der Waals surface area contributed by atoms with Gasteiger partial charge in [0.1, 0.15) is 11.4 Å². The van der Waals surface area contributed by atoms with Crippen LogP contribution in [0.4, 0.5) is 40.6 Å². The molecule has 71 heavy (non-hydrogen) atoms. The highest BCUT2D eigenvalue weighted by Gasteiger charge is 2.28. The first kappa shape index (κ1) is 47.1. The molecule has 6 heterocycles. The van der Waals surface area contributed by atoms with Crippen LogP contribution in [-0.4, -0.2) is 70.8 Å². The van der Waals surface area contributed by atoms with Crippen LogP contribution in [0.1, 0.15) is 30.0 Å². The van der Waals surface area contributed by atoms with E-state index >= 15 is 0 Å². The summed E-state index contributed by atoms with van der Waals surface area (Å²) in [5, 5.41) is 17.3. The van der Waals surface area contributed by atoms with E-state index in [-0.39, 0.29) is 11.5 Å². The number of anilines is 4. The molecular formula is C52H44F4N12O3. The first-order chi connectivity index (χ1) is 34.7. The fourth-order valence-electron chi connectivity index (χ4n) is 7.82. The third kappa shape index (κ3) is 9.96. The van der Waals surface area contributed by atoms with E-state index in [4.69, 9.17) is 19.6 Å². The van der Waals surface area contributed by atoms with E-state index in [1.807, 2.05) is 28.9 Å². The summed E-state index contributed by atoms with van der Waals surface area (Å²) >= 11 is 0. The SMILES string of the molecule is CCCc1ccc(Cn2nc(-c3ncc(OC)c(Nc4ccncc4)n3)c3ccccc32)cc1.COc1cnc(-c2nn(Cc3c(F)c(F)c(OC)c(F)c3F)c3ccccc23)nc1Nc1ccncc1. The molecule has 10 aromatic rings. The number of aromatic nitrogens is 10. The van der Waals surface area contributed by atoms with Crippen LogP contribution < -0.4 is 24.8 Å². The Hall–Kier alpha value is -9.00. The maximum Gasteiger partial charge on any atom is 0.204 e. The summed E-state index contributed by atoms with van der Waals surface area (Å²) in [7, 11) is 3.99. The molecule has 10 rings (SSSR count). The Labute approximate surface area is 404 Å². The standard InChI is InChI=1S/C27H26N6O.C25H18F4N6O2/c1-3-6-19-9-11-20(12-10-19)18-33-23-8-5-4-7-22(23)25(32-33)27-29-17-24(34-2)26(31-27)30-21-13-15-28-16-14-21;1-36-17-11-31-25(33-24(17)32-13-7-9-30-10-8-13)22-14-5-3-4-6-16(14)35(34-22)12-15-18(26)20(28)23(37-2)21(29)19(15)27/h4-5,7-17H,3,6,18H2,1-2H3,(H,28,29,30,31);3-11H,12H2,1-2H3,(H,30,31,32,33). The smallest absolute Gasteiger partial charge is 0.204 e. The van der Waals surface area contributed by atoms with Gasteiger partial charge in [0.15, 0.2) is 52.2 Å². The van der Waals surface area contributed by atoms with Crippen LogP contribution in [0.3, 0.4) is 0 Å². The highest BCUT2D eigenvalue weighted by molar-refractivity contribution is 5.93. The fraction of sp³-hybridized carbons (Fsp3) is 0.154. The molecular weight excluding hydrogens is 917 g/mol. The summed E-state index contributed by atoms with van der Waals surface area (Å²) in [6.45, 7) is 2.27. The molecule has 0 aliphatic carbocycles. The monoisotopic (exact) mass is 960 g/mol. The maximum atomic E-state index is 14.7. The minimum Gasteiger partial charge on any atom is -0.491 e. The van der Waals surface area contributed by atoms with E-state index in [9.17, 15) is 17.6 Å². The van der Waals surface area contributed by atoms with Gasteiger partial charge in [-0.3, -0.25) is 19.3 Å². The lowest BCUT2D eigenvalue weighted by Crippen LogP contribution is -2.11. The zero-order chi connectivity index (χ0) is 49.4. The largest absolute Gasteiger partial charge is 0.491 e. The first-order valence-electron chi connectivity index (χ1n) is 22.2. The van der Waals surface area contributed by atoms with Gasteiger partial charge < -0.3 is 24.8 Å². The number of nitrogens with one attached hydrogen (secondary N) is 2. The van der Waals surface area contributed by atoms with Crippen molar-refractivity contribution in [1.29, 1.82) is 0 Å². The Kier molecular flexibility index (Phi) is 14.0. The molecule has 2 N–H and O–H groups in total. The van der Waals surface area contributed by atoms with E-state index in [0.29, 0.717) is 52.1 Å². The minimum atomic E-state index is -1.63. The number of halogens is 4. The zero-order valence-electron chi connectivity index (χ0n) is 38.7. The number of rotatable bonds is 15. The lowest BCUT2D eigenvalue weighted by molar-refractivity contribution is 0.327. The van der Waals surface area contributed by atoms with Gasteiger partial charge >= 0.3 is 0 Å². The normalized spacial score (nSPS) is 11.0. The lowest BCUT2D eigenvalue weighted by Gasteiger charge is -2.11. The van der Waals surface area contributed by atoms with Crippen LogP contribution in [0.15, 0.2) is 134 Å². The van der Waals surface area contributed by atoms with Gasteiger partial charge in [-0.05, 0) is 53.9 Å². The van der Waals surface area contributed by atoms with Gasteiger partial charge in [0.25, 0.3) is 0 Å². The molecule has 0 unspecified atom stereocenters. The molecule has 0 aliphatic rings. The predicted octanol–water partition coefficient (Wildman–Crippen LogP) is 10.9. The molecule has 0 radical (unpaired) electrons. The molecule has 358 valence electrons. The molecule has 0 aliphatic heterocycles. The second kappa shape index (κ2) is 21.1. The van der Waals surface area contributed by atoms with Gasteiger partial charge in [-0.15, -0.1) is 0 Å². The van der Waals surface area contributed by atoms with Gasteiger partial charge in [-0.2, -0.15) is 19.0 Å². The van der Waals surface area contributed by atoms with Gasteiger partial charge in [-0.1, -0.05) is 74.0 Å². The van der Waals surface area contributed by atoms with E-state index in [1.165, 1.54) is 29.1 Å². The molecule has 19 heteroatoms. The second-order valence-corrected chi connectivity index (χ2v) is 15.8. The summed E-state index contributed by atoms with van der Waals surface area (Å²) in [5.41, 5.74) is 5.78. The topological polar surface area (TPSA) is 165 Å². The molecule has 0 saturated heterocycles. The van der Waals surface area contributed by atoms with Crippen molar-refractivity contribution >= 4 is 44.8 Å². The number of nitrogens with zero attached hydrogens (tertiary/aromatic N) is 10. The van der Waals surface area contributed by atoms with Crippen molar-refractivity contribution in [2.45, 2.75) is 32.9 Å². The fourth-order valence-corrected chi connectivity index (χ4v) is 7.82. The molecule has 0 saturated carbocycles. The van der Waals surface area contributed by atoms with Crippen molar-refractivity contribution in [3.63, 3.8) is 0 Å².